The van der Waals surface area contributed by atoms with Gasteiger partial charge in [-0.25, -0.2) is 0 Å². The average Bonchev–Trinajstić information content (AvgIpc) is 2.99. The van der Waals surface area contributed by atoms with Crippen molar-refractivity contribution in [3.63, 3.8) is 0 Å². The zero-order valence-corrected chi connectivity index (χ0v) is 23.3. The Morgan fingerprint density at radius 3 is 2.46 bits per heavy atom. The highest BCUT2D eigenvalue weighted by molar-refractivity contribution is 8.00. The molecule has 1 N–H and O–H groups in total. The molecule has 0 aliphatic carbocycles. The number of rotatable bonds is 11. The largest absolute Gasteiger partial charge is 0.494 e. The van der Waals surface area contributed by atoms with Crippen LogP contribution in [0.3, 0.4) is 0 Å². The van der Waals surface area contributed by atoms with Gasteiger partial charge >= 0.3 is 0 Å². The van der Waals surface area contributed by atoms with Crippen LogP contribution in [-0.2, 0) is 6.54 Å². The minimum Gasteiger partial charge on any atom is -0.494 e. The Hall–Kier alpha value is -3.55. The van der Waals surface area contributed by atoms with Crippen LogP contribution in [0.5, 0.6) is 5.75 Å². The van der Waals surface area contributed by atoms with Crippen molar-refractivity contribution in [3.05, 3.63) is 96.2 Å². The number of nitrogens with one attached hydrogen (secondary N) is 1. The highest BCUT2D eigenvalue weighted by atomic mass is 32.2. The number of nitrogens with zero attached hydrogens (tertiary/aromatic N) is 3. The number of hydrogen-bond acceptors (Lipinski definition) is 6. The third kappa shape index (κ3) is 7.31. The maximum atomic E-state index is 13.1. The van der Waals surface area contributed by atoms with Crippen molar-refractivity contribution in [2.24, 2.45) is 0 Å². The molecule has 0 bridgehead atoms. The van der Waals surface area contributed by atoms with E-state index in [-0.39, 0.29) is 5.91 Å². The fraction of sp³-hybridized carbons (Fsp3) is 0.312. The summed E-state index contributed by atoms with van der Waals surface area (Å²) >= 11 is 1.53. The number of fused-ring (bicyclic) bond motifs is 1. The summed E-state index contributed by atoms with van der Waals surface area (Å²) in [6.45, 7) is 7.09. The van der Waals surface area contributed by atoms with E-state index < -0.39 is 0 Å². The smallest absolute Gasteiger partial charge is 0.253 e. The summed E-state index contributed by atoms with van der Waals surface area (Å²) < 4.78 is 9.21. The molecular formula is C32H36N4O2S. The molecular weight excluding hydrogens is 504 g/mol. The lowest BCUT2D eigenvalue weighted by Crippen LogP contribution is -2.48. The molecule has 0 radical (unpaired) electrons. The number of pyridine rings is 1. The number of carbonyl (C=O) groups is 1. The van der Waals surface area contributed by atoms with Gasteiger partial charge in [0.05, 0.1) is 17.0 Å². The third-order valence-electron chi connectivity index (χ3n) is 7.01. The van der Waals surface area contributed by atoms with E-state index in [1.165, 1.54) is 30.4 Å². The molecule has 2 heterocycles. The molecule has 1 aliphatic heterocycles. The SMILES string of the molecule is CCCCCOc1ccc(CN2CCN(C(=O)c3ccc(NSc4cccc5cccnc45)cc3)CC2)cc1. The third-order valence-corrected chi connectivity index (χ3v) is 7.90. The summed E-state index contributed by atoms with van der Waals surface area (Å²) in [4.78, 5) is 23.1. The Morgan fingerprint density at radius 2 is 1.69 bits per heavy atom. The predicted molar refractivity (Wildman–Crippen MR) is 160 cm³/mol. The van der Waals surface area contributed by atoms with Crippen LogP contribution in [-0.4, -0.2) is 53.5 Å². The molecule has 0 atom stereocenters. The quantitative estimate of drug-likeness (QED) is 0.165. The van der Waals surface area contributed by atoms with Gasteiger partial charge in [0.1, 0.15) is 5.75 Å². The maximum absolute atomic E-state index is 13.1. The first kappa shape index (κ1) is 27.0. The minimum absolute atomic E-state index is 0.0941. The highest BCUT2D eigenvalue weighted by Gasteiger charge is 2.22. The second kappa shape index (κ2) is 13.5. The van der Waals surface area contributed by atoms with E-state index in [9.17, 15) is 4.79 Å². The monoisotopic (exact) mass is 540 g/mol. The summed E-state index contributed by atoms with van der Waals surface area (Å²) in [6.07, 6.45) is 5.33. The lowest BCUT2D eigenvalue weighted by atomic mass is 10.1. The van der Waals surface area contributed by atoms with Crippen LogP contribution >= 0.6 is 11.9 Å². The number of anilines is 1. The molecule has 1 aliphatic rings. The van der Waals surface area contributed by atoms with E-state index >= 15 is 0 Å². The Balaban J connectivity index is 1.07. The van der Waals surface area contributed by atoms with Crippen LogP contribution in [0.4, 0.5) is 5.69 Å². The summed E-state index contributed by atoms with van der Waals surface area (Å²) in [5, 5.41) is 1.12. The molecule has 1 fully saturated rings. The van der Waals surface area contributed by atoms with Gasteiger partial charge in [-0.05, 0) is 72.5 Å². The van der Waals surface area contributed by atoms with Crippen molar-refractivity contribution in [2.75, 3.05) is 37.5 Å². The zero-order chi connectivity index (χ0) is 26.9. The summed E-state index contributed by atoms with van der Waals surface area (Å²) in [5.41, 5.74) is 3.93. The molecule has 0 saturated carbocycles. The lowest BCUT2D eigenvalue weighted by molar-refractivity contribution is 0.0628. The van der Waals surface area contributed by atoms with E-state index in [0.717, 1.165) is 78.6 Å². The summed E-state index contributed by atoms with van der Waals surface area (Å²) in [5.74, 6) is 1.03. The van der Waals surface area contributed by atoms with E-state index in [4.69, 9.17) is 4.74 Å². The van der Waals surface area contributed by atoms with Crippen molar-refractivity contribution in [3.8, 4) is 5.75 Å². The van der Waals surface area contributed by atoms with E-state index in [0.29, 0.717) is 0 Å². The standard InChI is InChI=1S/C32H36N4O2S/c1-2-3-4-23-38-29-16-10-25(11-17-29)24-35-19-21-36(22-20-35)32(37)27-12-14-28(15-13-27)34-39-30-9-5-7-26-8-6-18-33-31(26)30/h5-18,34H,2-4,19-24H2,1H3. The van der Waals surface area contributed by atoms with E-state index in [1.807, 2.05) is 47.5 Å². The number of ether oxygens (including phenoxy) is 1. The van der Waals surface area contributed by atoms with Gasteiger partial charge in [-0.15, -0.1) is 0 Å². The lowest BCUT2D eigenvalue weighted by Gasteiger charge is -2.34. The van der Waals surface area contributed by atoms with E-state index in [2.05, 4.69) is 64.0 Å². The van der Waals surface area contributed by atoms with Crippen molar-refractivity contribution in [2.45, 2.75) is 37.6 Å². The van der Waals surface area contributed by atoms with Crippen molar-refractivity contribution in [1.82, 2.24) is 14.8 Å². The zero-order valence-electron chi connectivity index (χ0n) is 22.5. The van der Waals surface area contributed by atoms with Crippen LogP contribution in [0, 0.1) is 0 Å². The summed E-state index contributed by atoms with van der Waals surface area (Å²) in [6, 6.07) is 26.4. The van der Waals surface area contributed by atoms with Crippen LogP contribution in [0.1, 0.15) is 42.1 Å². The van der Waals surface area contributed by atoms with Gasteiger partial charge in [-0.3, -0.25) is 14.7 Å². The number of hydrogen-bond donors (Lipinski definition) is 1. The van der Waals surface area contributed by atoms with Gasteiger partial charge in [0.15, 0.2) is 0 Å². The normalized spacial score (nSPS) is 13.9. The van der Waals surface area contributed by atoms with Crippen LogP contribution in [0.2, 0.25) is 0 Å². The Labute approximate surface area is 235 Å². The van der Waals surface area contributed by atoms with Crippen LogP contribution in [0.15, 0.2) is 90.0 Å². The molecule has 4 aromatic rings. The molecule has 39 heavy (non-hydrogen) atoms. The van der Waals surface area contributed by atoms with Gasteiger partial charge in [-0.2, -0.15) is 0 Å². The van der Waals surface area contributed by atoms with Gasteiger partial charge in [0.2, 0.25) is 0 Å². The van der Waals surface area contributed by atoms with Gasteiger partial charge < -0.3 is 14.4 Å². The molecule has 1 saturated heterocycles. The second-order valence-electron chi connectivity index (χ2n) is 9.88. The number of amides is 1. The molecule has 6 nitrogen and oxygen atoms in total. The van der Waals surface area contributed by atoms with Crippen LogP contribution in [0.25, 0.3) is 10.9 Å². The van der Waals surface area contributed by atoms with Gasteiger partial charge in [0, 0.05) is 55.6 Å². The number of piperazine rings is 1. The molecule has 3 aromatic carbocycles. The molecule has 1 amide bonds. The highest BCUT2D eigenvalue weighted by Crippen LogP contribution is 2.27. The second-order valence-corrected chi connectivity index (χ2v) is 10.7. The minimum atomic E-state index is 0.0941. The number of benzene rings is 3. The van der Waals surface area contributed by atoms with E-state index in [1.54, 1.807) is 0 Å². The van der Waals surface area contributed by atoms with Crippen molar-refractivity contribution in [1.29, 1.82) is 0 Å². The molecule has 7 heteroatoms. The molecule has 0 unspecified atom stereocenters. The Bertz CT molecular complexity index is 1350. The van der Waals surface area contributed by atoms with Crippen molar-refractivity contribution >= 4 is 34.4 Å². The fourth-order valence-corrected chi connectivity index (χ4v) is 5.51. The number of para-hydroxylation sites is 1. The first-order chi connectivity index (χ1) is 19.2. The predicted octanol–water partition coefficient (Wildman–Crippen LogP) is 6.88. The first-order valence-corrected chi connectivity index (χ1v) is 14.6. The van der Waals surface area contributed by atoms with Gasteiger partial charge in [0.25, 0.3) is 5.91 Å². The number of carbonyl (C=O) groups excluding carboxylic acids is 1. The molecule has 5 rings (SSSR count). The molecule has 0 spiro atoms. The maximum Gasteiger partial charge on any atom is 0.253 e. The summed E-state index contributed by atoms with van der Waals surface area (Å²) in [7, 11) is 0. The Morgan fingerprint density at radius 1 is 0.923 bits per heavy atom. The van der Waals surface area contributed by atoms with Gasteiger partial charge in [-0.1, -0.05) is 50.1 Å². The molecule has 202 valence electrons. The topological polar surface area (TPSA) is 57.7 Å². The van der Waals surface area contributed by atoms with Crippen molar-refractivity contribution < 1.29 is 9.53 Å². The average molecular weight is 541 g/mol. The van der Waals surface area contributed by atoms with Crippen LogP contribution < -0.4 is 9.46 Å². The number of aromatic nitrogens is 1. The first-order valence-electron chi connectivity index (χ1n) is 13.8. The number of unbranched alkanes of at least 4 members (excludes halogenated alkanes) is 2. The fourth-order valence-electron chi connectivity index (χ4n) is 4.74. The Kier molecular flexibility index (Phi) is 9.35. The molecule has 1 aromatic heterocycles.